The lowest BCUT2D eigenvalue weighted by Gasteiger charge is -2.26. The second-order valence-corrected chi connectivity index (χ2v) is 10.1. The lowest BCUT2D eigenvalue weighted by molar-refractivity contribution is 0.0398. The van der Waals surface area contributed by atoms with Crippen LogP contribution < -0.4 is 14.8 Å². The Bertz CT molecular complexity index is 1270. The molecule has 34 heavy (non-hydrogen) atoms. The standard InChI is InChI=1S/C23H24ClN3O6S/c24-18-4-2-1-3-17(18)21-26-23(22(33-21)25-7-8-27-9-11-30-12-10-27)34(28,29)16-5-6-19-20(15-16)32-14-13-31-19/h1-6,15,25H,7-14H2. The van der Waals surface area contributed by atoms with E-state index in [1.165, 1.54) is 12.1 Å². The van der Waals surface area contributed by atoms with Crippen molar-refractivity contribution in [3.63, 3.8) is 0 Å². The van der Waals surface area contributed by atoms with E-state index in [0.717, 1.165) is 13.1 Å². The van der Waals surface area contributed by atoms with E-state index in [2.05, 4.69) is 15.2 Å². The van der Waals surface area contributed by atoms with Crippen molar-refractivity contribution in [1.82, 2.24) is 9.88 Å². The number of sulfone groups is 1. The third kappa shape index (κ3) is 4.72. The highest BCUT2D eigenvalue weighted by Gasteiger charge is 2.30. The van der Waals surface area contributed by atoms with Gasteiger partial charge < -0.3 is 23.9 Å². The van der Waals surface area contributed by atoms with Gasteiger partial charge in [0.2, 0.25) is 26.6 Å². The molecule has 0 unspecified atom stereocenters. The van der Waals surface area contributed by atoms with Gasteiger partial charge >= 0.3 is 0 Å². The minimum Gasteiger partial charge on any atom is -0.486 e. The summed E-state index contributed by atoms with van der Waals surface area (Å²) in [6, 6.07) is 11.5. The quantitative estimate of drug-likeness (QED) is 0.517. The average molecular weight is 506 g/mol. The van der Waals surface area contributed by atoms with E-state index in [4.69, 9.17) is 30.2 Å². The fraction of sp³-hybridized carbons (Fsp3) is 0.348. The van der Waals surface area contributed by atoms with Crippen molar-refractivity contribution in [1.29, 1.82) is 0 Å². The number of ether oxygens (including phenoxy) is 3. The molecule has 2 aliphatic rings. The zero-order chi connectivity index (χ0) is 23.5. The van der Waals surface area contributed by atoms with Crippen LogP contribution in [0.5, 0.6) is 11.5 Å². The van der Waals surface area contributed by atoms with Gasteiger partial charge in [0.1, 0.15) is 13.2 Å². The summed E-state index contributed by atoms with van der Waals surface area (Å²) in [7, 11) is -4.04. The zero-order valence-corrected chi connectivity index (χ0v) is 19.9. The van der Waals surface area contributed by atoms with Crippen LogP contribution >= 0.6 is 11.6 Å². The number of morpholine rings is 1. The van der Waals surface area contributed by atoms with Crippen molar-refractivity contribution in [2.45, 2.75) is 9.92 Å². The van der Waals surface area contributed by atoms with Gasteiger partial charge in [0.05, 0.1) is 28.7 Å². The first-order chi connectivity index (χ1) is 16.5. The first-order valence-electron chi connectivity index (χ1n) is 11.0. The maximum absolute atomic E-state index is 13.6. The van der Waals surface area contributed by atoms with E-state index < -0.39 is 9.84 Å². The maximum Gasteiger partial charge on any atom is 0.233 e. The summed E-state index contributed by atoms with van der Waals surface area (Å²) in [4.78, 5) is 6.63. The predicted molar refractivity (Wildman–Crippen MR) is 126 cm³/mol. The molecule has 1 N–H and O–H groups in total. The fourth-order valence-electron chi connectivity index (χ4n) is 3.80. The molecule has 1 fully saturated rings. The molecule has 0 atom stereocenters. The summed E-state index contributed by atoms with van der Waals surface area (Å²) in [5.41, 5.74) is 0.504. The first kappa shape index (κ1) is 23.0. The molecule has 3 aromatic rings. The molecule has 2 aliphatic heterocycles. The Labute approximate surface area is 202 Å². The molecular weight excluding hydrogens is 482 g/mol. The fourth-order valence-corrected chi connectivity index (χ4v) is 5.31. The van der Waals surface area contributed by atoms with Crippen LogP contribution in [0, 0.1) is 0 Å². The Kier molecular flexibility index (Phi) is 6.64. The molecule has 3 heterocycles. The van der Waals surface area contributed by atoms with Crippen LogP contribution in [0.1, 0.15) is 0 Å². The minimum atomic E-state index is -4.04. The summed E-state index contributed by atoms with van der Waals surface area (Å²) in [5.74, 6) is 1.07. The molecule has 0 bridgehead atoms. The van der Waals surface area contributed by atoms with Crippen molar-refractivity contribution < 1.29 is 27.0 Å². The van der Waals surface area contributed by atoms with E-state index in [0.29, 0.717) is 61.6 Å². The van der Waals surface area contributed by atoms with Gasteiger partial charge in [-0.2, -0.15) is 4.98 Å². The van der Waals surface area contributed by atoms with Gasteiger partial charge in [0.15, 0.2) is 11.5 Å². The van der Waals surface area contributed by atoms with Crippen molar-refractivity contribution in [2.75, 3.05) is 57.9 Å². The van der Waals surface area contributed by atoms with E-state index >= 15 is 0 Å². The molecule has 9 nitrogen and oxygen atoms in total. The van der Waals surface area contributed by atoms with Gasteiger partial charge in [-0.25, -0.2) is 8.42 Å². The molecule has 5 rings (SSSR count). The molecule has 11 heteroatoms. The SMILES string of the molecule is O=S(=O)(c1ccc2c(c1)OCCO2)c1nc(-c2ccccc2Cl)oc1NCCN1CCOCC1. The predicted octanol–water partition coefficient (Wildman–Crippen LogP) is 3.34. The van der Waals surface area contributed by atoms with Crippen LogP contribution in [-0.2, 0) is 14.6 Å². The lowest BCUT2D eigenvalue weighted by atomic mass is 10.2. The van der Waals surface area contributed by atoms with E-state index in [1.54, 1.807) is 30.3 Å². The molecule has 0 aliphatic carbocycles. The molecular formula is C23H24ClN3O6S. The zero-order valence-electron chi connectivity index (χ0n) is 18.3. The largest absolute Gasteiger partial charge is 0.486 e. The Balaban J connectivity index is 1.48. The monoisotopic (exact) mass is 505 g/mol. The summed E-state index contributed by atoms with van der Waals surface area (Å²) >= 11 is 6.32. The lowest BCUT2D eigenvalue weighted by Crippen LogP contribution is -2.39. The van der Waals surface area contributed by atoms with E-state index in [9.17, 15) is 8.42 Å². The third-order valence-electron chi connectivity index (χ3n) is 5.60. The van der Waals surface area contributed by atoms with Gasteiger partial charge in [-0.15, -0.1) is 0 Å². The molecule has 0 spiro atoms. The van der Waals surface area contributed by atoms with Crippen LogP contribution in [-0.4, -0.2) is 70.9 Å². The molecule has 0 radical (unpaired) electrons. The first-order valence-corrected chi connectivity index (χ1v) is 12.8. The number of oxazole rings is 1. The average Bonchev–Trinajstić information content (AvgIpc) is 3.29. The highest BCUT2D eigenvalue weighted by molar-refractivity contribution is 7.91. The van der Waals surface area contributed by atoms with E-state index in [-0.39, 0.29) is 21.7 Å². The molecule has 180 valence electrons. The van der Waals surface area contributed by atoms with Gasteiger partial charge in [0, 0.05) is 32.2 Å². The number of rotatable bonds is 7. The molecule has 1 saturated heterocycles. The Morgan fingerprint density at radius 2 is 1.76 bits per heavy atom. The minimum absolute atomic E-state index is 0.0342. The highest BCUT2D eigenvalue weighted by atomic mass is 35.5. The van der Waals surface area contributed by atoms with Crippen LogP contribution in [0.3, 0.4) is 0 Å². The van der Waals surface area contributed by atoms with Gasteiger partial charge in [-0.1, -0.05) is 23.7 Å². The number of benzene rings is 2. The molecule has 1 aromatic heterocycles. The molecule has 0 saturated carbocycles. The van der Waals surface area contributed by atoms with Crippen LogP contribution in [0.2, 0.25) is 5.02 Å². The second kappa shape index (κ2) is 9.83. The summed E-state index contributed by atoms with van der Waals surface area (Å²) in [6.07, 6.45) is 0. The summed E-state index contributed by atoms with van der Waals surface area (Å²) < 4.78 is 49.6. The normalized spacial score (nSPS) is 16.4. The Morgan fingerprint density at radius 1 is 1.00 bits per heavy atom. The van der Waals surface area contributed by atoms with E-state index in [1.807, 2.05) is 0 Å². The molecule has 2 aromatic carbocycles. The van der Waals surface area contributed by atoms with Crippen LogP contribution in [0.15, 0.2) is 56.8 Å². The van der Waals surface area contributed by atoms with Gasteiger partial charge in [-0.05, 0) is 24.3 Å². The van der Waals surface area contributed by atoms with Crippen molar-refractivity contribution in [2.24, 2.45) is 0 Å². The smallest absolute Gasteiger partial charge is 0.233 e. The van der Waals surface area contributed by atoms with Gasteiger partial charge in [0.25, 0.3) is 0 Å². The van der Waals surface area contributed by atoms with Gasteiger partial charge in [-0.3, -0.25) is 4.90 Å². The topological polar surface area (TPSA) is 103 Å². The van der Waals surface area contributed by atoms with Crippen molar-refractivity contribution in [3.8, 4) is 23.0 Å². The maximum atomic E-state index is 13.6. The number of anilines is 1. The second-order valence-electron chi connectivity index (χ2n) is 7.82. The number of halogens is 1. The summed E-state index contributed by atoms with van der Waals surface area (Å²) in [6.45, 7) is 4.96. The Morgan fingerprint density at radius 3 is 2.56 bits per heavy atom. The number of nitrogens with one attached hydrogen (secondary N) is 1. The number of hydrogen-bond donors (Lipinski definition) is 1. The number of aromatic nitrogens is 1. The summed E-state index contributed by atoms with van der Waals surface area (Å²) in [5, 5.41) is 3.32. The van der Waals surface area contributed by atoms with Crippen LogP contribution in [0.4, 0.5) is 5.88 Å². The van der Waals surface area contributed by atoms with Crippen molar-refractivity contribution in [3.05, 3.63) is 47.5 Å². The van der Waals surface area contributed by atoms with Crippen LogP contribution in [0.25, 0.3) is 11.5 Å². The Hall–Kier alpha value is -2.79. The van der Waals surface area contributed by atoms with Crippen molar-refractivity contribution >= 4 is 27.3 Å². The molecule has 0 amide bonds. The third-order valence-corrected chi connectivity index (χ3v) is 7.59. The number of fused-ring (bicyclic) bond motifs is 1. The number of nitrogens with zero attached hydrogens (tertiary/aromatic N) is 2. The highest BCUT2D eigenvalue weighted by Crippen LogP contribution is 2.38. The number of hydrogen-bond acceptors (Lipinski definition) is 9.